The van der Waals surface area contributed by atoms with Gasteiger partial charge in [-0.1, -0.05) is 0 Å². The van der Waals surface area contributed by atoms with Crippen molar-refractivity contribution in [3.63, 3.8) is 0 Å². The number of rotatable bonds is 0. The molecule has 2 radical (unpaired) electrons. The monoisotopic (exact) mass is 274 g/mol. The maximum Gasteiger partial charge on any atom is 0.549 e. The molecule has 0 spiro atoms. The van der Waals surface area contributed by atoms with E-state index in [-0.39, 0.29) is 44.8 Å². The molecule has 0 rings (SSSR count). The molecule has 0 aromatic carbocycles. The van der Waals surface area contributed by atoms with Gasteiger partial charge in [0, 0.05) is 44.8 Å². The fourth-order valence-electron chi connectivity index (χ4n) is 0. The van der Waals surface area contributed by atoms with E-state index < -0.39 is 9.29 Å². The van der Waals surface area contributed by atoms with Crippen molar-refractivity contribution < 1.29 is 53.7 Å². The van der Waals surface area contributed by atoms with E-state index in [0.717, 1.165) is 0 Å². The van der Waals surface area contributed by atoms with E-state index in [0.29, 0.717) is 0 Å². The van der Waals surface area contributed by atoms with E-state index in [1.165, 1.54) is 0 Å². The summed E-state index contributed by atoms with van der Waals surface area (Å²) in [4.78, 5) is 0. The second kappa shape index (κ2) is 18.5. The summed E-state index contributed by atoms with van der Waals surface area (Å²) >= 11 is 0. The molecule has 0 saturated carbocycles. The molecular weight excluding hydrogens is 276 g/mol. The molecule has 0 aromatic rings. The van der Waals surface area contributed by atoms with Crippen LogP contribution in [0.3, 0.4) is 0 Å². The predicted octanol–water partition coefficient (Wildman–Crippen LogP) is -0.623. The number of hydrogen-bond acceptors (Lipinski definition) is 2. The van der Waals surface area contributed by atoms with Crippen molar-refractivity contribution in [1.82, 2.24) is 0 Å². The first-order valence-electron chi connectivity index (χ1n) is 0.408. The Morgan fingerprint density at radius 3 is 1.00 bits per heavy atom. The van der Waals surface area contributed by atoms with E-state index >= 15 is 0 Å². The maximum atomic E-state index is 8.40. The maximum absolute atomic E-state index is 8.40. The quantitative estimate of drug-likeness (QED) is 0.552. The molecule has 0 aliphatic heterocycles. The van der Waals surface area contributed by atoms with E-state index in [4.69, 9.17) is 8.92 Å². The minimum atomic E-state index is -1.42. The molecule has 5 heavy (non-hydrogen) atoms. The van der Waals surface area contributed by atoms with Crippen molar-refractivity contribution in [2.75, 3.05) is 0 Å². The van der Waals surface area contributed by atoms with Gasteiger partial charge >= 0.3 is 9.29 Å². The Kier molecular flexibility index (Phi) is 60.3. The molecule has 0 unspecified atom stereocenters. The molecule has 0 saturated heterocycles. The molecule has 38 valence electrons. The van der Waals surface area contributed by atoms with Gasteiger partial charge in [0.2, 0.25) is 0 Å². The van der Waals surface area contributed by atoms with Crippen LogP contribution in [0.4, 0.5) is 0 Å². The van der Waals surface area contributed by atoms with Gasteiger partial charge in [-0.05, 0) is 0 Å². The Balaban J connectivity index is -0.0000000200. The van der Waals surface area contributed by atoms with Crippen molar-refractivity contribution in [3.8, 4) is 0 Å². The van der Waals surface area contributed by atoms with E-state index in [2.05, 4.69) is 0 Å². The molecule has 0 aliphatic carbocycles. The average Bonchev–Trinajstić information content (AvgIpc) is 0.918. The van der Waals surface area contributed by atoms with Crippen molar-refractivity contribution in [3.05, 3.63) is 0 Å². The third-order valence-electron chi connectivity index (χ3n) is 0. The van der Waals surface area contributed by atoms with Crippen molar-refractivity contribution >= 4 is 9.29 Å². The van der Waals surface area contributed by atoms with E-state index in [9.17, 15) is 0 Å². The Morgan fingerprint density at radius 1 is 1.00 bits per heavy atom. The Hall–Kier alpha value is 1.30. The van der Waals surface area contributed by atoms with Crippen LogP contribution in [0.15, 0.2) is 0 Å². The number of hydrogen-bond donors (Lipinski definition) is 0. The van der Waals surface area contributed by atoms with Crippen molar-refractivity contribution in [2.24, 2.45) is 0 Å². The van der Waals surface area contributed by atoms with Gasteiger partial charge in [-0.2, -0.15) is 0 Å². The Labute approximate surface area is 62.7 Å². The van der Waals surface area contributed by atoms with Crippen LogP contribution in [0.2, 0.25) is 0 Å². The zero-order valence-electron chi connectivity index (χ0n) is 1.92. The van der Waals surface area contributed by atoms with Crippen LogP contribution in [0, 0.1) is 0 Å². The summed E-state index contributed by atoms with van der Waals surface area (Å²) in [7, 11) is -1.42. The first-order chi connectivity index (χ1) is 1.41. The third-order valence-corrected chi connectivity index (χ3v) is 0. The van der Waals surface area contributed by atoms with Gasteiger partial charge in [-0.25, -0.2) is 0 Å². The summed E-state index contributed by atoms with van der Waals surface area (Å²) in [6, 6.07) is 0. The molecule has 0 aromatic heterocycles. The molecule has 0 N–H and O–H groups in total. The Morgan fingerprint density at radius 2 is 1.00 bits per heavy atom. The molecular formula is Ag2O2Si. The Bertz CT molecular complexity index is 28.6. The molecule has 0 fully saturated rings. The van der Waals surface area contributed by atoms with Gasteiger partial charge in [0.1, 0.15) is 0 Å². The van der Waals surface area contributed by atoms with Crippen LogP contribution in [0.5, 0.6) is 0 Å². The van der Waals surface area contributed by atoms with Crippen LogP contribution in [0.25, 0.3) is 0 Å². The van der Waals surface area contributed by atoms with Crippen molar-refractivity contribution in [2.45, 2.75) is 0 Å². The minimum absolute atomic E-state index is 0. The molecule has 0 aliphatic rings. The summed E-state index contributed by atoms with van der Waals surface area (Å²) in [6.45, 7) is 0. The summed E-state index contributed by atoms with van der Waals surface area (Å²) in [6.07, 6.45) is 0. The standard InChI is InChI=1S/2Ag.O2Si/c;;1-3-2. The first-order valence-corrected chi connectivity index (χ1v) is 1.22. The fourth-order valence-corrected chi connectivity index (χ4v) is 0. The summed E-state index contributed by atoms with van der Waals surface area (Å²) in [5.41, 5.74) is 0. The summed E-state index contributed by atoms with van der Waals surface area (Å²) < 4.78 is 16.8. The molecule has 0 amide bonds. The SMILES string of the molecule is O=[Si]=O.[Ag].[Ag]. The fraction of sp³-hybridized carbons (Fsp3) is 0. The van der Waals surface area contributed by atoms with Gasteiger partial charge in [0.15, 0.2) is 0 Å². The van der Waals surface area contributed by atoms with Crippen molar-refractivity contribution in [1.29, 1.82) is 0 Å². The van der Waals surface area contributed by atoms with Crippen LogP contribution < -0.4 is 0 Å². The van der Waals surface area contributed by atoms with Gasteiger partial charge in [-0.15, -0.1) is 0 Å². The van der Waals surface area contributed by atoms with Gasteiger partial charge < -0.3 is 0 Å². The van der Waals surface area contributed by atoms with Crippen LogP contribution >= 0.6 is 0 Å². The first kappa shape index (κ1) is 16.3. The zero-order chi connectivity index (χ0) is 2.71. The van der Waals surface area contributed by atoms with Gasteiger partial charge in [0.05, 0.1) is 0 Å². The second-order valence-electron chi connectivity index (χ2n) is 0.0833. The molecule has 5 heteroatoms. The van der Waals surface area contributed by atoms with Crippen LogP contribution in [-0.2, 0) is 53.7 Å². The smallest absolute Gasteiger partial charge is 0.274 e. The molecule has 0 bridgehead atoms. The van der Waals surface area contributed by atoms with Gasteiger partial charge in [-0.3, -0.25) is 8.92 Å². The predicted molar refractivity (Wildman–Crippen MR) is 7.13 cm³/mol. The minimum Gasteiger partial charge on any atom is -0.274 e. The van der Waals surface area contributed by atoms with Crippen LogP contribution in [-0.4, -0.2) is 9.29 Å². The van der Waals surface area contributed by atoms with E-state index in [1.54, 1.807) is 0 Å². The molecule has 2 nitrogen and oxygen atoms in total. The largest absolute Gasteiger partial charge is 0.549 e. The molecule has 0 atom stereocenters. The average molecular weight is 276 g/mol. The second-order valence-corrected chi connectivity index (χ2v) is 0.250. The van der Waals surface area contributed by atoms with Crippen LogP contribution in [0.1, 0.15) is 0 Å². The summed E-state index contributed by atoms with van der Waals surface area (Å²) in [5, 5.41) is 0. The normalized spacial score (nSPS) is 1.60. The summed E-state index contributed by atoms with van der Waals surface area (Å²) in [5.74, 6) is 0. The van der Waals surface area contributed by atoms with E-state index in [1.807, 2.05) is 0 Å². The molecule has 0 heterocycles. The zero-order valence-corrected chi connectivity index (χ0v) is 5.88. The topological polar surface area (TPSA) is 34.1 Å². The van der Waals surface area contributed by atoms with Gasteiger partial charge in [0.25, 0.3) is 0 Å². The third kappa shape index (κ3) is 34.2.